The lowest BCUT2D eigenvalue weighted by Crippen LogP contribution is -2.06. The Kier molecular flexibility index (Phi) is 11.6. The van der Waals surface area contributed by atoms with Crippen molar-refractivity contribution in [3.8, 4) is 0 Å². The van der Waals surface area contributed by atoms with Gasteiger partial charge in [-0.15, -0.1) is 0 Å². The van der Waals surface area contributed by atoms with Gasteiger partial charge in [-0.2, -0.15) is 0 Å². The van der Waals surface area contributed by atoms with Gasteiger partial charge in [-0.25, -0.2) is 0 Å². The molecule has 0 amide bonds. The second-order valence-corrected chi connectivity index (χ2v) is 8.45. The molecule has 0 N–H and O–H groups in total. The van der Waals surface area contributed by atoms with Crippen molar-refractivity contribution in [2.75, 3.05) is 0 Å². The van der Waals surface area contributed by atoms with Gasteiger partial charge >= 0.3 is 0 Å². The third-order valence-electron chi connectivity index (χ3n) is 4.45. The average Bonchev–Trinajstić information content (AvgIpc) is 2.25. The quantitative estimate of drug-likeness (QED) is 0.329. The Balaban J connectivity index is 3.50. The van der Waals surface area contributed by atoms with Crippen LogP contribution in [0.1, 0.15) is 99.8 Å². The van der Waals surface area contributed by atoms with Gasteiger partial charge in [-0.1, -0.05) is 80.6 Å². The van der Waals surface area contributed by atoms with Crippen molar-refractivity contribution in [2.45, 2.75) is 99.8 Å². The molecule has 0 heteroatoms. The Bertz CT molecular complexity index is 204. The molecule has 0 heterocycles. The molecule has 0 nitrogen and oxygen atoms in total. The monoisotopic (exact) mass is 282 g/mol. The molecule has 0 radical (unpaired) electrons. The van der Waals surface area contributed by atoms with Crippen molar-refractivity contribution in [1.29, 1.82) is 0 Å². The van der Waals surface area contributed by atoms with E-state index in [4.69, 9.17) is 0 Å². The van der Waals surface area contributed by atoms with E-state index in [0.29, 0.717) is 0 Å². The molecule has 0 aromatic carbocycles. The van der Waals surface area contributed by atoms with Crippen molar-refractivity contribution in [1.82, 2.24) is 0 Å². The molecule has 0 saturated carbocycles. The molecule has 0 aliphatic carbocycles. The summed E-state index contributed by atoms with van der Waals surface area (Å²) in [6.45, 7) is 16.7. The highest BCUT2D eigenvalue weighted by Gasteiger charge is 2.10. The number of unbranched alkanes of at least 4 members (excludes halogenated alkanes) is 2. The van der Waals surface area contributed by atoms with Crippen LogP contribution in [-0.2, 0) is 0 Å². The highest BCUT2D eigenvalue weighted by molar-refractivity contribution is 4.63. The maximum Gasteiger partial charge on any atom is -0.0438 e. The maximum absolute atomic E-state index is 2.46. The van der Waals surface area contributed by atoms with Crippen molar-refractivity contribution >= 4 is 0 Å². The van der Waals surface area contributed by atoms with Gasteiger partial charge in [0.25, 0.3) is 0 Å². The minimum atomic E-state index is 0.861. The van der Waals surface area contributed by atoms with E-state index in [9.17, 15) is 0 Å². The van der Waals surface area contributed by atoms with Gasteiger partial charge in [0.1, 0.15) is 0 Å². The fourth-order valence-electron chi connectivity index (χ4n) is 3.79. The number of hydrogen-bond acceptors (Lipinski definition) is 0. The zero-order valence-corrected chi connectivity index (χ0v) is 15.5. The third kappa shape index (κ3) is 13.0. The van der Waals surface area contributed by atoms with Crippen LogP contribution in [0.25, 0.3) is 0 Å². The van der Waals surface area contributed by atoms with E-state index < -0.39 is 0 Å². The van der Waals surface area contributed by atoms with Crippen LogP contribution in [0.3, 0.4) is 0 Å². The first-order chi connectivity index (χ1) is 9.31. The van der Waals surface area contributed by atoms with E-state index in [1.54, 1.807) is 0 Å². The zero-order chi connectivity index (χ0) is 15.5. The maximum atomic E-state index is 2.46. The van der Waals surface area contributed by atoms with Crippen LogP contribution in [0.15, 0.2) is 0 Å². The lowest BCUT2D eigenvalue weighted by Gasteiger charge is -2.19. The number of rotatable bonds is 12. The Morgan fingerprint density at radius 2 is 0.850 bits per heavy atom. The molecule has 0 saturated heterocycles. The standard InChI is InChI=1S/C20H42/c1-16(2)13-18(5)11-9-8-10-12-19(6)15-20(7)14-17(3)4/h16-20H,8-15H2,1-7H3. The summed E-state index contributed by atoms with van der Waals surface area (Å²) in [6, 6.07) is 0. The molecule has 3 unspecified atom stereocenters. The predicted molar refractivity (Wildman–Crippen MR) is 94.1 cm³/mol. The summed E-state index contributed by atoms with van der Waals surface area (Å²) in [6.07, 6.45) is 11.5. The van der Waals surface area contributed by atoms with Gasteiger partial charge in [-0.3, -0.25) is 0 Å². The van der Waals surface area contributed by atoms with Crippen LogP contribution in [0, 0.1) is 29.6 Å². The Morgan fingerprint density at radius 3 is 1.30 bits per heavy atom. The van der Waals surface area contributed by atoms with Crippen molar-refractivity contribution in [2.24, 2.45) is 29.6 Å². The summed E-state index contributed by atoms with van der Waals surface area (Å²) < 4.78 is 0. The zero-order valence-electron chi connectivity index (χ0n) is 15.5. The molecule has 0 aliphatic heterocycles. The average molecular weight is 283 g/mol. The molecule has 0 fully saturated rings. The van der Waals surface area contributed by atoms with Crippen LogP contribution < -0.4 is 0 Å². The van der Waals surface area contributed by atoms with Crippen LogP contribution in [0.5, 0.6) is 0 Å². The van der Waals surface area contributed by atoms with Crippen LogP contribution >= 0.6 is 0 Å². The Labute approximate surface area is 130 Å². The first kappa shape index (κ1) is 20.0. The van der Waals surface area contributed by atoms with E-state index >= 15 is 0 Å². The Morgan fingerprint density at radius 1 is 0.450 bits per heavy atom. The van der Waals surface area contributed by atoms with Gasteiger partial charge in [-0.05, 0) is 48.9 Å². The first-order valence-corrected chi connectivity index (χ1v) is 9.31. The fourth-order valence-corrected chi connectivity index (χ4v) is 3.79. The molecule has 0 aliphatic rings. The summed E-state index contributed by atoms with van der Waals surface area (Å²) in [5.41, 5.74) is 0. The third-order valence-corrected chi connectivity index (χ3v) is 4.45. The summed E-state index contributed by atoms with van der Waals surface area (Å²) in [4.78, 5) is 0. The first-order valence-electron chi connectivity index (χ1n) is 9.31. The highest BCUT2D eigenvalue weighted by Crippen LogP contribution is 2.24. The normalized spacial score (nSPS) is 16.6. The molecule has 0 bridgehead atoms. The Hall–Kier alpha value is 0. The van der Waals surface area contributed by atoms with E-state index in [1.165, 1.54) is 51.4 Å². The largest absolute Gasteiger partial charge is 0.0628 e. The molecule has 0 rings (SSSR count). The lowest BCUT2D eigenvalue weighted by molar-refractivity contribution is 0.333. The van der Waals surface area contributed by atoms with Crippen molar-refractivity contribution in [3.05, 3.63) is 0 Å². The van der Waals surface area contributed by atoms with Crippen LogP contribution in [-0.4, -0.2) is 0 Å². The minimum absolute atomic E-state index is 0.861. The smallest absolute Gasteiger partial charge is 0.0438 e. The van der Waals surface area contributed by atoms with E-state index in [0.717, 1.165) is 29.6 Å². The molecular formula is C20H42. The summed E-state index contributed by atoms with van der Waals surface area (Å²) in [5, 5.41) is 0. The van der Waals surface area contributed by atoms with E-state index in [2.05, 4.69) is 48.5 Å². The molecule has 0 aromatic heterocycles. The van der Waals surface area contributed by atoms with Gasteiger partial charge in [0.2, 0.25) is 0 Å². The van der Waals surface area contributed by atoms with Crippen LogP contribution in [0.2, 0.25) is 0 Å². The summed E-state index contributed by atoms with van der Waals surface area (Å²) in [7, 11) is 0. The number of hydrogen-bond donors (Lipinski definition) is 0. The van der Waals surface area contributed by atoms with Gasteiger partial charge in [0, 0.05) is 0 Å². The van der Waals surface area contributed by atoms with Gasteiger partial charge in [0.15, 0.2) is 0 Å². The molecule has 20 heavy (non-hydrogen) atoms. The van der Waals surface area contributed by atoms with Crippen molar-refractivity contribution in [3.63, 3.8) is 0 Å². The van der Waals surface area contributed by atoms with Gasteiger partial charge in [0.05, 0.1) is 0 Å². The SMILES string of the molecule is CC(C)CC(C)CCCCCC(C)CC(C)CC(C)C. The molecule has 122 valence electrons. The molecule has 0 aromatic rings. The lowest BCUT2D eigenvalue weighted by atomic mass is 9.87. The topological polar surface area (TPSA) is 0 Å². The highest BCUT2D eigenvalue weighted by atomic mass is 14.2. The minimum Gasteiger partial charge on any atom is -0.0628 e. The summed E-state index contributed by atoms with van der Waals surface area (Å²) >= 11 is 0. The van der Waals surface area contributed by atoms with E-state index in [1.807, 2.05) is 0 Å². The van der Waals surface area contributed by atoms with Crippen molar-refractivity contribution < 1.29 is 0 Å². The molecular weight excluding hydrogens is 240 g/mol. The second kappa shape index (κ2) is 11.6. The molecule has 0 spiro atoms. The second-order valence-electron chi connectivity index (χ2n) is 8.45. The van der Waals surface area contributed by atoms with Gasteiger partial charge < -0.3 is 0 Å². The predicted octanol–water partition coefficient (Wildman–Crippen LogP) is 7.33. The molecule has 3 atom stereocenters. The van der Waals surface area contributed by atoms with Crippen LogP contribution in [0.4, 0.5) is 0 Å². The fraction of sp³-hybridized carbons (Fsp3) is 1.00. The summed E-state index contributed by atoms with van der Waals surface area (Å²) in [5.74, 6) is 4.50. The van der Waals surface area contributed by atoms with E-state index in [-0.39, 0.29) is 0 Å².